The Kier molecular flexibility index (Phi) is 3.75. The molecule has 0 aromatic heterocycles. The molecule has 0 aliphatic carbocycles. The first-order valence-electron chi connectivity index (χ1n) is 8.53. The lowest BCUT2D eigenvalue weighted by molar-refractivity contribution is 0.457. The highest BCUT2D eigenvalue weighted by atomic mass is 15.2. The second kappa shape index (κ2) is 6.04. The van der Waals surface area contributed by atoms with Crippen molar-refractivity contribution in [2.75, 3.05) is 29.4 Å². The van der Waals surface area contributed by atoms with E-state index in [0.29, 0.717) is 0 Å². The zero-order chi connectivity index (χ0) is 14.8. The van der Waals surface area contributed by atoms with Gasteiger partial charge in [0.1, 0.15) is 0 Å². The van der Waals surface area contributed by atoms with Crippen molar-refractivity contribution in [2.45, 2.75) is 25.3 Å². The minimum atomic E-state index is 0.719. The summed E-state index contributed by atoms with van der Waals surface area (Å²) in [5.74, 6) is 0.794. The molecule has 2 atom stereocenters. The van der Waals surface area contributed by atoms with Crippen LogP contribution in [0, 0.1) is 5.92 Å². The van der Waals surface area contributed by atoms with Crippen LogP contribution in [0.1, 0.15) is 19.3 Å². The smallest absolute Gasteiger partial charge is 0.0368 e. The summed E-state index contributed by atoms with van der Waals surface area (Å²) in [6.45, 7) is 3.63. The lowest BCUT2D eigenvalue weighted by Gasteiger charge is -2.31. The van der Waals surface area contributed by atoms with Crippen LogP contribution in [-0.4, -0.2) is 25.7 Å². The van der Waals surface area contributed by atoms with Crippen LogP contribution < -0.4 is 9.80 Å². The Morgan fingerprint density at radius 1 is 0.727 bits per heavy atom. The topological polar surface area (TPSA) is 6.48 Å². The largest absolute Gasteiger partial charge is 0.371 e. The van der Waals surface area contributed by atoms with Gasteiger partial charge in [-0.15, -0.1) is 0 Å². The van der Waals surface area contributed by atoms with Crippen molar-refractivity contribution in [3.63, 3.8) is 0 Å². The van der Waals surface area contributed by atoms with Crippen LogP contribution in [0.15, 0.2) is 60.7 Å². The van der Waals surface area contributed by atoms with Gasteiger partial charge in [0.05, 0.1) is 0 Å². The van der Waals surface area contributed by atoms with E-state index in [1.165, 1.54) is 50.3 Å². The molecular weight excluding hydrogens is 268 g/mol. The van der Waals surface area contributed by atoms with E-state index in [2.05, 4.69) is 70.5 Å². The van der Waals surface area contributed by atoms with Crippen LogP contribution in [0.25, 0.3) is 0 Å². The predicted molar refractivity (Wildman–Crippen MR) is 93.6 cm³/mol. The van der Waals surface area contributed by atoms with E-state index in [9.17, 15) is 0 Å². The van der Waals surface area contributed by atoms with Gasteiger partial charge in [0.25, 0.3) is 0 Å². The maximum Gasteiger partial charge on any atom is 0.0368 e. The van der Waals surface area contributed by atoms with E-state index in [0.717, 1.165) is 12.0 Å². The highest BCUT2D eigenvalue weighted by molar-refractivity contribution is 5.50. The zero-order valence-corrected chi connectivity index (χ0v) is 13.1. The molecule has 0 radical (unpaired) electrons. The summed E-state index contributed by atoms with van der Waals surface area (Å²) >= 11 is 0. The van der Waals surface area contributed by atoms with Gasteiger partial charge in [-0.2, -0.15) is 0 Å². The molecule has 2 saturated heterocycles. The molecule has 2 aliphatic heterocycles. The van der Waals surface area contributed by atoms with Crippen molar-refractivity contribution in [1.82, 2.24) is 0 Å². The van der Waals surface area contributed by atoms with Crippen LogP contribution in [0.4, 0.5) is 11.4 Å². The van der Waals surface area contributed by atoms with E-state index >= 15 is 0 Å². The summed E-state index contributed by atoms with van der Waals surface area (Å²) < 4.78 is 0. The quantitative estimate of drug-likeness (QED) is 0.837. The predicted octanol–water partition coefficient (Wildman–Crippen LogP) is 4.18. The van der Waals surface area contributed by atoms with Crippen LogP contribution in [0.5, 0.6) is 0 Å². The Morgan fingerprint density at radius 3 is 2.14 bits per heavy atom. The minimum Gasteiger partial charge on any atom is -0.371 e. The zero-order valence-electron chi connectivity index (χ0n) is 13.1. The Bertz CT molecular complexity index is 596. The Hall–Kier alpha value is -1.96. The van der Waals surface area contributed by atoms with E-state index in [1.807, 2.05) is 0 Å². The maximum atomic E-state index is 2.65. The highest BCUT2D eigenvalue weighted by Gasteiger charge is 2.35. The van der Waals surface area contributed by atoms with Crippen molar-refractivity contribution in [2.24, 2.45) is 5.92 Å². The summed E-state index contributed by atoms with van der Waals surface area (Å²) in [5.41, 5.74) is 2.79. The van der Waals surface area contributed by atoms with Crippen molar-refractivity contribution < 1.29 is 0 Å². The first kappa shape index (κ1) is 13.7. The fourth-order valence-corrected chi connectivity index (χ4v) is 4.20. The molecule has 2 aliphatic rings. The average Bonchev–Trinajstić information content (AvgIpc) is 3.25. The minimum absolute atomic E-state index is 0.719. The summed E-state index contributed by atoms with van der Waals surface area (Å²) in [6.07, 6.45) is 4.01. The van der Waals surface area contributed by atoms with Crippen molar-refractivity contribution in [3.8, 4) is 0 Å². The molecule has 114 valence electrons. The number of hydrogen-bond donors (Lipinski definition) is 0. The molecule has 0 N–H and O–H groups in total. The third kappa shape index (κ3) is 2.58. The molecule has 0 bridgehead atoms. The molecule has 22 heavy (non-hydrogen) atoms. The number of para-hydroxylation sites is 2. The molecule has 0 amide bonds. The number of nitrogens with zero attached hydrogens (tertiary/aromatic N) is 2. The third-order valence-corrected chi connectivity index (χ3v) is 5.28. The number of rotatable bonds is 3. The van der Waals surface area contributed by atoms with Crippen molar-refractivity contribution >= 4 is 11.4 Å². The summed E-state index contributed by atoms with van der Waals surface area (Å²) in [6, 6.07) is 22.6. The van der Waals surface area contributed by atoms with E-state index in [1.54, 1.807) is 0 Å². The van der Waals surface area contributed by atoms with Crippen molar-refractivity contribution in [1.29, 1.82) is 0 Å². The first-order chi connectivity index (χ1) is 10.9. The van der Waals surface area contributed by atoms with Gasteiger partial charge in [-0.05, 0) is 49.4 Å². The fourth-order valence-electron chi connectivity index (χ4n) is 4.20. The second-order valence-corrected chi connectivity index (χ2v) is 6.57. The van der Waals surface area contributed by atoms with E-state index in [-0.39, 0.29) is 0 Å². The molecule has 2 unspecified atom stereocenters. The average molecular weight is 292 g/mol. The normalized spacial score (nSPS) is 24.9. The Balaban J connectivity index is 1.48. The summed E-state index contributed by atoms with van der Waals surface area (Å²) in [7, 11) is 0. The van der Waals surface area contributed by atoms with Gasteiger partial charge in [-0.1, -0.05) is 36.4 Å². The van der Waals surface area contributed by atoms with Crippen LogP contribution in [-0.2, 0) is 0 Å². The number of anilines is 2. The molecule has 2 heterocycles. The lowest BCUT2D eigenvalue weighted by atomic mass is 9.96. The molecular formula is C20H24N2. The molecule has 2 nitrogen and oxygen atoms in total. The van der Waals surface area contributed by atoms with E-state index in [4.69, 9.17) is 0 Å². The molecule has 0 spiro atoms. The first-order valence-corrected chi connectivity index (χ1v) is 8.53. The number of hydrogen-bond acceptors (Lipinski definition) is 2. The second-order valence-electron chi connectivity index (χ2n) is 6.57. The van der Waals surface area contributed by atoms with Gasteiger partial charge in [0.2, 0.25) is 0 Å². The van der Waals surface area contributed by atoms with Crippen LogP contribution in [0.2, 0.25) is 0 Å². The van der Waals surface area contributed by atoms with Crippen LogP contribution >= 0.6 is 0 Å². The molecule has 2 fully saturated rings. The molecule has 0 saturated carbocycles. The Morgan fingerprint density at radius 2 is 1.41 bits per heavy atom. The van der Waals surface area contributed by atoms with Gasteiger partial charge in [-0.25, -0.2) is 0 Å². The highest BCUT2D eigenvalue weighted by Crippen LogP contribution is 2.35. The fraction of sp³-hybridized carbons (Fsp3) is 0.400. The molecule has 2 aromatic rings. The third-order valence-electron chi connectivity index (χ3n) is 5.28. The lowest BCUT2D eigenvalue weighted by Crippen LogP contribution is -2.37. The monoisotopic (exact) mass is 292 g/mol. The van der Waals surface area contributed by atoms with E-state index < -0.39 is 0 Å². The molecule has 2 heteroatoms. The summed E-state index contributed by atoms with van der Waals surface area (Å²) in [4.78, 5) is 5.21. The number of benzene rings is 2. The molecule has 4 rings (SSSR count). The standard InChI is InChI=1S/C20H24N2/c1-3-8-18(9-4-1)21-15-13-17(16-21)20-12-7-14-22(20)19-10-5-2-6-11-19/h1-6,8-11,17,20H,7,12-16H2. The van der Waals surface area contributed by atoms with Gasteiger partial charge >= 0.3 is 0 Å². The molecule has 2 aromatic carbocycles. The van der Waals surface area contributed by atoms with Gasteiger partial charge < -0.3 is 9.80 Å². The van der Waals surface area contributed by atoms with Crippen LogP contribution in [0.3, 0.4) is 0 Å². The van der Waals surface area contributed by atoms with Crippen molar-refractivity contribution in [3.05, 3.63) is 60.7 Å². The Labute approximate surface area is 133 Å². The maximum absolute atomic E-state index is 2.65. The van der Waals surface area contributed by atoms with Gasteiger partial charge in [-0.3, -0.25) is 0 Å². The SMILES string of the molecule is c1ccc(N2CCC(C3CCCN3c3ccccc3)C2)cc1. The van der Waals surface area contributed by atoms with Gasteiger partial charge in [0.15, 0.2) is 0 Å². The summed E-state index contributed by atoms with van der Waals surface area (Å²) in [5, 5.41) is 0. The van der Waals surface area contributed by atoms with Gasteiger partial charge in [0, 0.05) is 37.1 Å².